The van der Waals surface area contributed by atoms with Gasteiger partial charge in [-0.25, -0.2) is 0 Å². The number of halogens is 1. The van der Waals surface area contributed by atoms with Gasteiger partial charge in [-0.05, 0) is 43.2 Å². The van der Waals surface area contributed by atoms with E-state index >= 15 is 0 Å². The molecule has 0 radical (unpaired) electrons. The minimum absolute atomic E-state index is 0.0353. The van der Waals surface area contributed by atoms with E-state index in [0.717, 1.165) is 36.8 Å². The fourth-order valence-electron chi connectivity index (χ4n) is 4.27. The highest BCUT2D eigenvalue weighted by molar-refractivity contribution is 6.30. The Balaban J connectivity index is 1.66. The number of amides is 1. The summed E-state index contributed by atoms with van der Waals surface area (Å²) in [6.07, 6.45) is 0.798. The highest BCUT2D eigenvalue weighted by Gasteiger charge is 2.41. The molecule has 2 aromatic carbocycles. The van der Waals surface area contributed by atoms with E-state index in [2.05, 4.69) is 45.4 Å². The molecule has 2 atom stereocenters. The van der Waals surface area contributed by atoms with Crippen molar-refractivity contribution >= 4 is 28.9 Å². The molecule has 0 spiro atoms. The number of fused-ring (bicyclic) bond motifs is 3. The van der Waals surface area contributed by atoms with Crippen LogP contribution < -0.4 is 15.1 Å². The van der Waals surface area contributed by atoms with Gasteiger partial charge in [0.05, 0.1) is 12.0 Å². The summed E-state index contributed by atoms with van der Waals surface area (Å²) < 4.78 is 0. The van der Waals surface area contributed by atoms with Crippen LogP contribution >= 0.6 is 11.6 Å². The number of anilines is 2. The Kier molecular flexibility index (Phi) is 4.77. The van der Waals surface area contributed by atoms with Crippen molar-refractivity contribution in [3.05, 3.63) is 59.1 Å². The van der Waals surface area contributed by atoms with Crippen molar-refractivity contribution in [2.24, 2.45) is 5.92 Å². The maximum Gasteiger partial charge on any atom is 0.225 e. The first-order valence-corrected chi connectivity index (χ1v) is 9.68. The van der Waals surface area contributed by atoms with Crippen LogP contribution in [0.1, 0.15) is 12.5 Å². The van der Waals surface area contributed by atoms with Gasteiger partial charge in [-0.1, -0.05) is 35.9 Å². The predicted octanol–water partition coefficient (Wildman–Crippen LogP) is 3.34. The van der Waals surface area contributed by atoms with Gasteiger partial charge in [0.2, 0.25) is 5.91 Å². The summed E-state index contributed by atoms with van der Waals surface area (Å²) >= 11 is 6.19. The molecule has 2 heterocycles. The van der Waals surface area contributed by atoms with Crippen LogP contribution in [0.25, 0.3) is 0 Å². The predicted molar refractivity (Wildman–Crippen MR) is 107 cm³/mol. The van der Waals surface area contributed by atoms with Gasteiger partial charge in [-0.15, -0.1) is 0 Å². The van der Waals surface area contributed by atoms with Gasteiger partial charge >= 0.3 is 0 Å². The number of carbonyl (C=O) groups excluding carboxylic acids is 1. The molecule has 0 aliphatic carbocycles. The molecule has 0 aromatic heterocycles. The summed E-state index contributed by atoms with van der Waals surface area (Å²) in [7, 11) is 0. The van der Waals surface area contributed by atoms with Crippen molar-refractivity contribution < 1.29 is 4.79 Å². The van der Waals surface area contributed by atoms with Crippen molar-refractivity contribution in [3.63, 3.8) is 0 Å². The lowest BCUT2D eigenvalue weighted by Gasteiger charge is -2.49. The third-order valence-corrected chi connectivity index (χ3v) is 5.72. The molecule has 4 nitrogen and oxygen atoms in total. The number of hydrogen-bond acceptors (Lipinski definition) is 3. The van der Waals surface area contributed by atoms with Gasteiger partial charge in [0.1, 0.15) is 0 Å². The van der Waals surface area contributed by atoms with Crippen molar-refractivity contribution in [3.8, 4) is 0 Å². The molecule has 0 bridgehead atoms. The highest BCUT2D eigenvalue weighted by atomic mass is 35.5. The monoisotopic (exact) mass is 369 g/mol. The first-order valence-electron chi connectivity index (χ1n) is 9.30. The van der Waals surface area contributed by atoms with E-state index in [1.165, 1.54) is 11.3 Å². The normalized spacial score (nSPS) is 21.8. The molecule has 0 saturated carbocycles. The third-order valence-electron chi connectivity index (χ3n) is 5.49. The van der Waals surface area contributed by atoms with Gasteiger partial charge < -0.3 is 15.1 Å². The Morgan fingerprint density at radius 2 is 2.04 bits per heavy atom. The van der Waals surface area contributed by atoms with Crippen LogP contribution in [0.3, 0.4) is 0 Å². The molecule has 4 rings (SSSR count). The lowest BCUT2D eigenvalue weighted by molar-refractivity contribution is -0.125. The standard InChI is InChI=1S/C21H24ClN3O/c1-2-23-21(26)18-12-15-6-3-4-9-19(15)25-11-10-24(14-20(18)25)17-8-5-7-16(22)13-17/h3-9,13,18,20H,2,10-12,14H2,1H3,(H,23,26)/t18-,20-/m0/s1. The molecule has 26 heavy (non-hydrogen) atoms. The molecule has 1 saturated heterocycles. The second-order valence-corrected chi connectivity index (χ2v) is 7.46. The van der Waals surface area contributed by atoms with Crippen molar-refractivity contribution in [2.75, 3.05) is 36.0 Å². The molecule has 2 aliphatic heterocycles. The van der Waals surface area contributed by atoms with E-state index in [4.69, 9.17) is 11.6 Å². The third kappa shape index (κ3) is 3.14. The molecule has 1 N–H and O–H groups in total. The van der Waals surface area contributed by atoms with E-state index in [9.17, 15) is 4.79 Å². The van der Waals surface area contributed by atoms with Gasteiger partial charge in [0.25, 0.3) is 0 Å². The minimum Gasteiger partial charge on any atom is -0.368 e. The summed E-state index contributed by atoms with van der Waals surface area (Å²) in [6.45, 7) is 5.31. The summed E-state index contributed by atoms with van der Waals surface area (Å²) in [5, 5.41) is 3.79. The summed E-state index contributed by atoms with van der Waals surface area (Å²) in [4.78, 5) is 17.6. The zero-order valence-electron chi connectivity index (χ0n) is 15.0. The van der Waals surface area contributed by atoms with Crippen molar-refractivity contribution in [1.29, 1.82) is 0 Å². The number of nitrogens with one attached hydrogen (secondary N) is 1. The van der Waals surface area contributed by atoms with Crippen LogP contribution in [-0.4, -0.2) is 38.1 Å². The van der Waals surface area contributed by atoms with Crippen LogP contribution in [-0.2, 0) is 11.2 Å². The zero-order chi connectivity index (χ0) is 18.1. The molecular formula is C21H24ClN3O. The van der Waals surface area contributed by atoms with E-state index in [1.54, 1.807) is 0 Å². The molecule has 1 fully saturated rings. The summed E-state index contributed by atoms with van der Waals surface area (Å²) in [5.41, 5.74) is 3.69. The highest BCUT2D eigenvalue weighted by Crippen LogP contribution is 2.37. The van der Waals surface area contributed by atoms with E-state index in [1.807, 2.05) is 25.1 Å². The van der Waals surface area contributed by atoms with Crippen molar-refractivity contribution in [2.45, 2.75) is 19.4 Å². The number of hydrogen-bond donors (Lipinski definition) is 1. The molecule has 136 valence electrons. The first-order chi connectivity index (χ1) is 12.7. The topological polar surface area (TPSA) is 35.6 Å². The van der Waals surface area contributed by atoms with Crippen LogP contribution in [0.5, 0.6) is 0 Å². The van der Waals surface area contributed by atoms with E-state index in [-0.39, 0.29) is 17.9 Å². The number of para-hydroxylation sites is 1. The number of piperazine rings is 1. The van der Waals surface area contributed by atoms with Gasteiger partial charge in [-0.3, -0.25) is 4.79 Å². The maximum absolute atomic E-state index is 12.8. The van der Waals surface area contributed by atoms with Crippen molar-refractivity contribution in [1.82, 2.24) is 5.32 Å². The zero-order valence-corrected chi connectivity index (χ0v) is 15.7. The Morgan fingerprint density at radius 3 is 2.85 bits per heavy atom. The Morgan fingerprint density at radius 1 is 1.19 bits per heavy atom. The van der Waals surface area contributed by atoms with Gasteiger partial charge in [0.15, 0.2) is 0 Å². The minimum atomic E-state index is -0.0353. The van der Waals surface area contributed by atoms with Crippen LogP contribution in [0.2, 0.25) is 5.02 Å². The average Bonchev–Trinajstić information content (AvgIpc) is 2.67. The Bertz CT molecular complexity index is 809. The number of carbonyl (C=O) groups is 1. The van der Waals surface area contributed by atoms with Crippen LogP contribution in [0.4, 0.5) is 11.4 Å². The Labute approximate surface area is 159 Å². The number of nitrogens with zero attached hydrogens (tertiary/aromatic N) is 2. The number of rotatable bonds is 3. The smallest absolute Gasteiger partial charge is 0.225 e. The fraction of sp³-hybridized carbons (Fsp3) is 0.381. The second-order valence-electron chi connectivity index (χ2n) is 7.02. The van der Waals surface area contributed by atoms with Gasteiger partial charge in [0, 0.05) is 42.6 Å². The number of benzene rings is 2. The molecule has 5 heteroatoms. The summed E-state index contributed by atoms with van der Waals surface area (Å²) in [6, 6.07) is 16.7. The lowest BCUT2D eigenvalue weighted by atomic mass is 9.83. The van der Waals surface area contributed by atoms with E-state index < -0.39 is 0 Å². The Hall–Kier alpha value is -2.20. The van der Waals surface area contributed by atoms with Crippen LogP contribution in [0, 0.1) is 5.92 Å². The maximum atomic E-state index is 12.8. The molecular weight excluding hydrogens is 346 g/mol. The van der Waals surface area contributed by atoms with Gasteiger partial charge in [-0.2, -0.15) is 0 Å². The second kappa shape index (κ2) is 7.20. The fourth-order valence-corrected chi connectivity index (χ4v) is 4.45. The molecule has 1 amide bonds. The first kappa shape index (κ1) is 17.2. The summed E-state index contributed by atoms with van der Waals surface area (Å²) in [5.74, 6) is 0.122. The largest absolute Gasteiger partial charge is 0.368 e. The van der Waals surface area contributed by atoms with E-state index in [0.29, 0.717) is 6.54 Å². The average molecular weight is 370 g/mol. The quantitative estimate of drug-likeness (QED) is 0.901. The lowest BCUT2D eigenvalue weighted by Crippen LogP contribution is -2.61. The SMILES string of the molecule is CCNC(=O)[C@H]1Cc2ccccc2N2CCN(c3cccc(Cl)c3)C[C@@H]12. The molecule has 2 aromatic rings. The molecule has 2 aliphatic rings. The van der Waals surface area contributed by atoms with Crippen LogP contribution in [0.15, 0.2) is 48.5 Å². The molecule has 0 unspecified atom stereocenters.